The van der Waals surface area contributed by atoms with E-state index in [9.17, 15) is 0 Å². The predicted molar refractivity (Wildman–Crippen MR) is 76.0 cm³/mol. The lowest BCUT2D eigenvalue weighted by Gasteiger charge is -2.21. The van der Waals surface area contributed by atoms with Crippen LogP contribution in [0.3, 0.4) is 0 Å². The second-order valence-corrected chi connectivity index (χ2v) is 5.51. The van der Waals surface area contributed by atoms with Gasteiger partial charge in [-0.1, -0.05) is 0 Å². The maximum absolute atomic E-state index is 5.87. The molecule has 0 unspecified atom stereocenters. The molecule has 18 heavy (non-hydrogen) atoms. The Labute approximate surface area is 118 Å². The minimum Gasteiger partial charge on any atom is -0.383 e. The largest absolute Gasteiger partial charge is 0.383 e. The van der Waals surface area contributed by atoms with Crippen LogP contribution in [0, 0.1) is 9.62 Å². The zero-order valence-corrected chi connectivity index (χ0v) is 12.0. The van der Waals surface area contributed by atoms with Gasteiger partial charge in [-0.05, 0) is 41.4 Å². The molecule has 1 saturated heterocycles. The highest BCUT2D eigenvalue weighted by atomic mass is 127. The van der Waals surface area contributed by atoms with Gasteiger partial charge >= 0.3 is 0 Å². The number of fused-ring (bicyclic) bond motifs is 1. The topological polar surface area (TPSA) is 78.9 Å². The van der Waals surface area contributed by atoms with Crippen LogP contribution >= 0.6 is 22.6 Å². The summed E-state index contributed by atoms with van der Waals surface area (Å²) in [7, 11) is 0. The van der Waals surface area contributed by atoms with Gasteiger partial charge in [-0.25, -0.2) is 14.6 Å². The van der Waals surface area contributed by atoms with E-state index in [0.29, 0.717) is 11.7 Å². The Morgan fingerprint density at radius 2 is 2.17 bits per heavy atom. The molecule has 1 aliphatic heterocycles. The van der Waals surface area contributed by atoms with Gasteiger partial charge in [0.1, 0.15) is 15.8 Å². The molecule has 2 aromatic heterocycles. The third kappa shape index (κ3) is 2.16. The van der Waals surface area contributed by atoms with E-state index in [1.807, 2.05) is 4.68 Å². The molecule has 0 spiro atoms. The number of rotatable bonds is 2. The van der Waals surface area contributed by atoms with E-state index in [1.54, 1.807) is 0 Å². The highest BCUT2D eigenvalue weighted by Crippen LogP contribution is 2.24. The maximum Gasteiger partial charge on any atom is 0.164 e. The Bertz CT molecular complexity index is 564. The van der Waals surface area contributed by atoms with E-state index in [1.165, 1.54) is 6.33 Å². The Balaban J connectivity index is 1.94. The number of halogens is 1. The normalized spacial score (nSPS) is 17.4. The van der Waals surface area contributed by atoms with Crippen molar-refractivity contribution < 1.29 is 4.74 Å². The number of nitrogens with zero attached hydrogens (tertiary/aromatic N) is 4. The van der Waals surface area contributed by atoms with Crippen molar-refractivity contribution in [2.24, 2.45) is 5.92 Å². The summed E-state index contributed by atoms with van der Waals surface area (Å²) in [4.78, 5) is 8.32. The molecule has 0 aromatic carbocycles. The van der Waals surface area contributed by atoms with Crippen LogP contribution in [0.2, 0.25) is 0 Å². The Morgan fingerprint density at radius 1 is 1.39 bits per heavy atom. The van der Waals surface area contributed by atoms with E-state index in [0.717, 1.165) is 47.3 Å². The predicted octanol–water partition coefficient (Wildman–Crippen LogP) is 1.44. The number of hydrogen-bond donors (Lipinski definition) is 1. The zero-order chi connectivity index (χ0) is 12.5. The van der Waals surface area contributed by atoms with Gasteiger partial charge in [0.15, 0.2) is 5.65 Å². The zero-order valence-electron chi connectivity index (χ0n) is 9.84. The van der Waals surface area contributed by atoms with Gasteiger partial charge < -0.3 is 10.5 Å². The van der Waals surface area contributed by atoms with Crippen molar-refractivity contribution in [3.8, 4) is 0 Å². The SMILES string of the molecule is Nc1ncnc2c1c(I)nn2CC1CCOCC1. The van der Waals surface area contributed by atoms with Crippen molar-refractivity contribution in [1.29, 1.82) is 0 Å². The number of hydrogen-bond acceptors (Lipinski definition) is 5. The summed E-state index contributed by atoms with van der Waals surface area (Å²) in [6, 6.07) is 0. The van der Waals surface area contributed by atoms with Crippen LogP contribution in [-0.2, 0) is 11.3 Å². The van der Waals surface area contributed by atoms with Crippen molar-refractivity contribution in [3.05, 3.63) is 10.0 Å². The minimum absolute atomic E-state index is 0.502. The van der Waals surface area contributed by atoms with Crippen LogP contribution in [-0.4, -0.2) is 33.0 Å². The molecule has 0 radical (unpaired) electrons. The smallest absolute Gasteiger partial charge is 0.164 e. The standard InChI is InChI=1S/C11H14IN5O/c12-9-8-10(13)14-6-15-11(8)17(16-9)5-7-1-3-18-4-2-7/h6-7H,1-5H2,(H2,13,14,15). The van der Waals surface area contributed by atoms with Gasteiger partial charge in [-0.3, -0.25) is 0 Å². The molecule has 2 N–H and O–H groups in total. The second-order valence-electron chi connectivity index (χ2n) is 4.49. The molecule has 1 fully saturated rings. The van der Waals surface area contributed by atoms with Crippen molar-refractivity contribution in [2.75, 3.05) is 18.9 Å². The summed E-state index contributed by atoms with van der Waals surface area (Å²) in [5.74, 6) is 1.11. The monoisotopic (exact) mass is 359 g/mol. The Hall–Kier alpha value is -0.960. The summed E-state index contributed by atoms with van der Waals surface area (Å²) >= 11 is 2.18. The molecule has 0 bridgehead atoms. The fourth-order valence-corrected chi connectivity index (χ4v) is 3.07. The summed E-state index contributed by atoms with van der Waals surface area (Å²) in [6.07, 6.45) is 3.66. The second kappa shape index (κ2) is 4.96. The molecule has 0 atom stereocenters. The van der Waals surface area contributed by atoms with Gasteiger partial charge in [0, 0.05) is 19.8 Å². The fraction of sp³-hybridized carbons (Fsp3) is 0.545. The average molecular weight is 359 g/mol. The Kier molecular flexibility index (Phi) is 3.33. The number of anilines is 1. The quantitative estimate of drug-likeness (QED) is 0.821. The Morgan fingerprint density at radius 3 is 2.94 bits per heavy atom. The van der Waals surface area contributed by atoms with Gasteiger partial charge in [-0.2, -0.15) is 5.10 Å². The summed E-state index contributed by atoms with van der Waals surface area (Å²) in [5, 5.41) is 5.39. The molecule has 2 aromatic rings. The molecule has 0 saturated carbocycles. The summed E-state index contributed by atoms with van der Waals surface area (Å²) < 4.78 is 8.19. The lowest BCUT2D eigenvalue weighted by molar-refractivity contribution is 0.0605. The lowest BCUT2D eigenvalue weighted by Crippen LogP contribution is -2.21. The fourth-order valence-electron chi connectivity index (χ4n) is 2.29. The van der Waals surface area contributed by atoms with E-state index in [2.05, 4.69) is 37.7 Å². The number of aromatic nitrogens is 4. The molecular weight excluding hydrogens is 345 g/mol. The molecule has 1 aliphatic rings. The van der Waals surface area contributed by atoms with E-state index in [-0.39, 0.29) is 0 Å². The van der Waals surface area contributed by atoms with Crippen LogP contribution in [0.25, 0.3) is 11.0 Å². The summed E-state index contributed by atoms with van der Waals surface area (Å²) in [5.41, 5.74) is 6.71. The molecule has 3 rings (SSSR count). The molecule has 96 valence electrons. The van der Waals surface area contributed by atoms with Crippen LogP contribution in [0.4, 0.5) is 5.82 Å². The first-order valence-corrected chi connectivity index (χ1v) is 7.04. The average Bonchev–Trinajstić information content (AvgIpc) is 2.69. The summed E-state index contributed by atoms with van der Waals surface area (Å²) in [6.45, 7) is 2.56. The minimum atomic E-state index is 0.502. The van der Waals surface area contributed by atoms with Gasteiger partial charge in [0.25, 0.3) is 0 Å². The highest BCUT2D eigenvalue weighted by molar-refractivity contribution is 14.1. The van der Waals surface area contributed by atoms with Crippen molar-refractivity contribution in [1.82, 2.24) is 19.7 Å². The first-order valence-electron chi connectivity index (χ1n) is 5.96. The van der Waals surface area contributed by atoms with Crippen LogP contribution < -0.4 is 5.73 Å². The molecule has 6 nitrogen and oxygen atoms in total. The third-order valence-electron chi connectivity index (χ3n) is 3.29. The third-order valence-corrected chi connectivity index (χ3v) is 4.04. The molecule has 3 heterocycles. The molecule has 0 amide bonds. The first kappa shape index (κ1) is 12.1. The molecule has 0 aliphatic carbocycles. The van der Waals surface area contributed by atoms with E-state index < -0.39 is 0 Å². The number of ether oxygens (including phenoxy) is 1. The first-order chi connectivity index (χ1) is 8.75. The van der Waals surface area contributed by atoms with Crippen LogP contribution in [0.15, 0.2) is 6.33 Å². The van der Waals surface area contributed by atoms with E-state index in [4.69, 9.17) is 10.5 Å². The highest BCUT2D eigenvalue weighted by Gasteiger charge is 2.19. The van der Waals surface area contributed by atoms with Crippen LogP contribution in [0.5, 0.6) is 0 Å². The lowest BCUT2D eigenvalue weighted by atomic mass is 10.0. The van der Waals surface area contributed by atoms with Crippen molar-refractivity contribution in [2.45, 2.75) is 19.4 Å². The van der Waals surface area contributed by atoms with Crippen LogP contribution in [0.1, 0.15) is 12.8 Å². The van der Waals surface area contributed by atoms with E-state index >= 15 is 0 Å². The van der Waals surface area contributed by atoms with Gasteiger partial charge in [0.05, 0.1) is 5.39 Å². The molecule has 7 heteroatoms. The van der Waals surface area contributed by atoms with Gasteiger partial charge in [-0.15, -0.1) is 0 Å². The van der Waals surface area contributed by atoms with Gasteiger partial charge in [0.2, 0.25) is 0 Å². The maximum atomic E-state index is 5.87. The van der Waals surface area contributed by atoms with Crippen molar-refractivity contribution >= 4 is 39.4 Å². The number of nitrogen functional groups attached to an aromatic ring is 1. The number of nitrogens with two attached hydrogens (primary N) is 1. The van der Waals surface area contributed by atoms with Crippen molar-refractivity contribution in [3.63, 3.8) is 0 Å². The molecular formula is C11H14IN5O.